The predicted octanol–water partition coefficient (Wildman–Crippen LogP) is 3.28. The molecule has 0 aliphatic carbocycles. The van der Waals surface area contributed by atoms with Crippen molar-refractivity contribution in [1.82, 2.24) is 24.3 Å². The molecule has 8 heteroatoms. The van der Waals surface area contributed by atoms with Crippen LogP contribution in [-0.4, -0.2) is 24.3 Å². The first kappa shape index (κ1) is 14.2. The van der Waals surface area contributed by atoms with Crippen molar-refractivity contribution < 1.29 is 13.2 Å². The fourth-order valence-electron chi connectivity index (χ4n) is 3.00. The van der Waals surface area contributed by atoms with Crippen LogP contribution in [0.5, 0.6) is 0 Å². The highest BCUT2D eigenvalue weighted by atomic mass is 19.4. The Morgan fingerprint density at radius 2 is 2.00 bits per heavy atom. The third kappa shape index (κ3) is 2.29. The van der Waals surface area contributed by atoms with Crippen molar-refractivity contribution in [1.29, 1.82) is 0 Å². The minimum Gasteiger partial charge on any atom is -0.330 e. The summed E-state index contributed by atoms with van der Waals surface area (Å²) in [6, 6.07) is 1.02. The van der Waals surface area contributed by atoms with E-state index in [1.807, 2.05) is 6.92 Å². The molecule has 0 N–H and O–H groups in total. The Morgan fingerprint density at radius 1 is 1.17 bits per heavy atom. The van der Waals surface area contributed by atoms with E-state index in [9.17, 15) is 13.2 Å². The Bertz CT molecular complexity index is 891. The lowest BCUT2D eigenvalue weighted by molar-refractivity contribution is -0.137. The summed E-state index contributed by atoms with van der Waals surface area (Å²) in [4.78, 5) is 8.47. The van der Waals surface area contributed by atoms with Gasteiger partial charge in [0.05, 0.1) is 17.5 Å². The van der Waals surface area contributed by atoms with E-state index >= 15 is 0 Å². The van der Waals surface area contributed by atoms with Gasteiger partial charge in [-0.2, -0.15) is 18.3 Å². The van der Waals surface area contributed by atoms with E-state index in [2.05, 4.69) is 19.6 Å². The number of hydrogen-bond acceptors (Lipinski definition) is 3. The molecule has 0 saturated carbocycles. The zero-order chi connectivity index (χ0) is 16.2. The van der Waals surface area contributed by atoms with Gasteiger partial charge in [0.15, 0.2) is 5.82 Å². The lowest BCUT2D eigenvalue weighted by Gasteiger charge is -2.14. The maximum Gasteiger partial charge on any atom is 0.417 e. The molecule has 1 aliphatic heterocycles. The van der Waals surface area contributed by atoms with Crippen LogP contribution in [0.1, 0.15) is 29.9 Å². The van der Waals surface area contributed by atoms with Crippen molar-refractivity contribution in [2.24, 2.45) is 0 Å². The Balaban J connectivity index is 1.82. The number of aryl methyl sites for hydroxylation is 1. The molecule has 0 fully saturated rings. The first-order valence-electron chi connectivity index (χ1n) is 7.42. The van der Waals surface area contributed by atoms with Crippen molar-refractivity contribution in [2.75, 3.05) is 0 Å². The normalized spacial score (nSPS) is 15.1. The van der Waals surface area contributed by atoms with Gasteiger partial charge < -0.3 is 4.57 Å². The molecule has 0 saturated heterocycles. The fraction of sp³-hybridized carbons (Fsp3) is 0.400. The maximum absolute atomic E-state index is 12.8. The van der Waals surface area contributed by atoms with Crippen LogP contribution in [0.25, 0.3) is 16.9 Å². The van der Waals surface area contributed by atoms with Crippen LogP contribution in [0.2, 0.25) is 0 Å². The van der Waals surface area contributed by atoms with Crippen molar-refractivity contribution in [3.63, 3.8) is 0 Å². The molecule has 120 valence electrons. The van der Waals surface area contributed by atoms with Gasteiger partial charge in [-0.25, -0.2) is 9.67 Å². The molecule has 0 spiro atoms. The first-order valence-corrected chi connectivity index (χ1v) is 7.42. The molecule has 4 heterocycles. The average molecular weight is 321 g/mol. The Morgan fingerprint density at radius 3 is 2.74 bits per heavy atom. The predicted molar refractivity (Wildman–Crippen MR) is 77.3 cm³/mol. The van der Waals surface area contributed by atoms with E-state index in [1.54, 1.807) is 6.20 Å². The molecule has 4 rings (SSSR count). The Hall–Kier alpha value is -2.38. The summed E-state index contributed by atoms with van der Waals surface area (Å²) in [5, 5.41) is 4.24. The largest absolute Gasteiger partial charge is 0.417 e. The van der Waals surface area contributed by atoms with Gasteiger partial charge in [0, 0.05) is 19.2 Å². The number of pyridine rings is 1. The van der Waals surface area contributed by atoms with Gasteiger partial charge in [-0.05, 0) is 25.8 Å². The number of hydrogen-bond donors (Lipinski definition) is 0. The number of alkyl halides is 3. The van der Waals surface area contributed by atoms with E-state index in [0.717, 1.165) is 49.6 Å². The van der Waals surface area contributed by atoms with Crippen LogP contribution in [0.3, 0.4) is 0 Å². The van der Waals surface area contributed by atoms with Gasteiger partial charge in [0.25, 0.3) is 0 Å². The molecular weight excluding hydrogens is 307 g/mol. The molecule has 0 aromatic carbocycles. The highest BCUT2D eigenvalue weighted by Gasteiger charge is 2.31. The van der Waals surface area contributed by atoms with E-state index in [1.165, 1.54) is 4.68 Å². The second-order valence-corrected chi connectivity index (χ2v) is 5.75. The van der Waals surface area contributed by atoms with Gasteiger partial charge in [0.1, 0.15) is 16.9 Å². The van der Waals surface area contributed by atoms with Crippen LogP contribution >= 0.6 is 0 Å². The molecule has 0 radical (unpaired) electrons. The summed E-state index contributed by atoms with van der Waals surface area (Å²) in [6.07, 6.45) is 1.16. The summed E-state index contributed by atoms with van der Waals surface area (Å²) in [5.74, 6) is 1.67. The van der Waals surface area contributed by atoms with Crippen LogP contribution in [-0.2, 0) is 19.1 Å². The molecule has 3 aromatic rings. The van der Waals surface area contributed by atoms with Crippen LogP contribution in [0.15, 0.2) is 18.5 Å². The molecule has 0 bridgehead atoms. The van der Waals surface area contributed by atoms with Crippen LogP contribution in [0.4, 0.5) is 13.2 Å². The minimum absolute atomic E-state index is 0.213. The minimum atomic E-state index is -4.42. The SMILES string of the molecule is Cc1c(-n2cc3ncc(C(F)(F)F)cc3n2)nc2n1CCCC2. The smallest absolute Gasteiger partial charge is 0.330 e. The Labute approximate surface area is 129 Å². The van der Waals surface area contributed by atoms with Gasteiger partial charge >= 0.3 is 6.18 Å². The van der Waals surface area contributed by atoms with E-state index in [4.69, 9.17) is 0 Å². The molecule has 1 aliphatic rings. The number of halogens is 3. The number of nitrogens with zero attached hydrogens (tertiary/aromatic N) is 5. The molecule has 3 aromatic heterocycles. The average Bonchev–Trinajstić information content (AvgIpc) is 3.07. The second kappa shape index (κ2) is 4.81. The lowest BCUT2D eigenvalue weighted by atomic mass is 10.2. The number of rotatable bonds is 1. The van der Waals surface area contributed by atoms with Crippen molar-refractivity contribution in [3.05, 3.63) is 35.5 Å². The summed E-state index contributed by atoms with van der Waals surface area (Å²) < 4.78 is 42.0. The third-order valence-electron chi connectivity index (χ3n) is 4.21. The summed E-state index contributed by atoms with van der Waals surface area (Å²) in [7, 11) is 0. The first-order chi connectivity index (χ1) is 10.9. The van der Waals surface area contributed by atoms with Crippen LogP contribution < -0.4 is 0 Å². The second-order valence-electron chi connectivity index (χ2n) is 5.75. The van der Waals surface area contributed by atoms with Gasteiger partial charge in [0.2, 0.25) is 0 Å². The van der Waals surface area contributed by atoms with Crippen LogP contribution in [0, 0.1) is 6.92 Å². The molecule has 0 unspecified atom stereocenters. The molecule has 23 heavy (non-hydrogen) atoms. The Kier molecular flexibility index (Phi) is 2.97. The van der Waals surface area contributed by atoms with E-state index < -0.39 is 11.7 Å². The summed E-state index contributed by atoms with van der Waals surface area (Å²) in [5.41, 5.74) is 0.813. The number of imidazole rings is 1. The highest BCUT2D eigenvalue weighted by Crippen LogP contribution is 2.30. The zero-order valence-corrected chi connectivity index (χ0v) is 12.4. The summed E-state index contributed by atoms with van der Waals surface area (Å²) >= 11 is 0. The van der Waals surface area contributed by atoms with Crippen molar-refractivity contribution in [3.8, 4) is 5.82 Å². The quantitative estimate of drug-likeness (QED) is 0.691. The van der Waals surface area contributed by atoms with Gasteiger partial charge in [-0.3, -0.25) is 4.98 Å². The van der Waals surface area contributed by atoms with Crippen molar-refractivity contribution in [2.45, 2.75) is 38.9 Å². The number of fused-ring (bicyclic) bond motifs is 2. The monoisotopic (exact) mass is 321 g/mol. The molecule has 0 amide bonds. The van der Waals surface area contributed by atoms with E-state index in [-0.39, 0.29) is 5.52 Å². The molecular formula is C15H14F3N5. The van der Waals surface area contributed by atoms with Gasteiger partial charge in [-0.1, -0.05) is 0 Å². The fourth-order valence-corrected chi connectivity index (χ4v) is 3.00. The zero-order valence-electron chi connectivity index (χ0n) is 12.4. The standard InChI is InChI=1S/C15H14F3N5/c1-9-14(20-13-4-2-3-5-22(9)13)23-8-12-11(21-23)6-10(7-19-12)15(16,17)18/h6-8H,2-5H2,1H3. The molecule has 0 atom stereocenters. The van der Waals surface area contributed by atoms with Crippen molar-refractivity contribution >= 4 is 11.0 Å². The molecule has 5 nitrogen and oxygen atoms in total. The highest BCUT2D eigenvalue weighted by molar-refractivity contribution is 5.74. The lowest BCUT2D eigenvalue weighted by Crippen LogP contribution is -2.11. The maximum atomic E-state index is 12.8. The third-order valence-corrected chi connectivity index (χ3v) is 4.21. The number of aromatic nitrogens is 5. The van der Waals surface area contributed by atoms with E-state index in [0.29, 0.717) is 11.3 Å². The summed E-state index contributed by atoms with van der Waals surface area (Å²) in [6.45, 7) is 2.88. The van der Waals surface area contributed by atoms with Gasteiger partial charge in [-0.15, -0.1) is 0 Å². The topological polar surface area (TPSA) is 48.5 Å².